The van der Waals surface area contributed by atoms with E-state index in [0.29, 0.717) is 24.1 Å². The fourth-order valence-electron chi connectivity index (χ4n) is 3.52. The fourth-order valence-corrected chi connectivity index (χ4v) is 3.52. The van der Waals surface area contributed by atoms with Crippen LogP contribution in [0.15, 0.2) is 35.5 Å². The standard InChI is InChI=1S/C17H18N4O2/c1-9-6-13-15(14(23)7-9)16(11-4-3-5-12(22)8-11)21-17(19-13)18-10(2)20-21/h3-5,8-9,16,22H,6-7H2,1-2H3,(H,18,19,20)/t9-,16-/m0/s1. The maximum absolute atomic E-state index is 12.7. The largest absolute Gasteiger partial charge is 0.508 e. The first kappa shape index (κ1) is 14.0. The molecule has 0 amide bonds. The zero-order valence-electron chi connectivity index (χ0n) is 13.1. The van der Waals surface area contributed by atoms with E-state index in [1.165, 1.54) is 0 Å². The SMILES string of the molecule is Cc1nc2n(n1)[C@@H](c1cccc(O)c1)C1=C(C[C@H](C)CC1=O)N2. The van der Waals surface area contributed by atoms with Gasteiger partial charge in [-0.1, -0.05) is 19.1 Å². The highest BCUT2D eigenvalue weighted by atomic mass is 16.3. The first-order valence-electron chi connectivity index (χ1n) is 7.78. The van der Waals surface area contributed by atoms with Crippen molar-refractivity contribution in [2.45, 2.75) is 32.7 Å². The van der Waals surface area contributed by atoms with Crippen LogP contribution in [0.1, 0.15) is 37.2 Å². The third-order valence-corrected chi connectivity index (χ3v) is 4.42. The molecule has 2 heterocycles. The predicted molar refractivity (Wildman–Crippen MR) is 85.1 cm³/mol. The Morgan fingerprint density at radius 3 is 2.96 bits per heavy atom. The Balaban J connectivity index is 1.93. The van der Waals surface area contributed by atoms with E-state index >= 15 is 0 Å². The zero-order valence-corrected chi connectivity index (χ0v) is 13.1. The van der Waals surface area contributed by atoms with Crippen LogP contribution in [0, 0.1) is 12.8 Å². The maximum atomic E-state index is 12.7. The van der Waals surface area contributed by atoms with E-state index < -0.39 is 0 Å². The topological polar surface area (TPSA) is 80.0 Å². The second kappa shape index (κ2) is 4.94. The van der Waals surface area contributed by atoms with Crippen LogP contribution in [0.4, 0.5) is 5.95 Å². The quantitative estimate of drug-likeness (QED) is 0.846. The van der Waals surface area contributed by atoms with Crippen LogP contribution in [0.25, 0.3) is 0 Å². The van der Waals surface area contributed by atoms with Crippen LogP contribution >= 0.6 is 0 Å². The van der Waals surface area contributed by atoms with Crippen LogP contribution in [0.2, 0.25) is 0 Å². The van der Waals surface area contributed by atoms with Gasteiger partial charge in [-0.25, -0.2) is 4.68 Å². The molecule has 0 bridgehead atoms. The number of aromatic hydroxyl groups is 1. The summed E-state index contributed by atoms with van der Waals surface area (Å²) in [5.41, 5.74) is 2.51. The highest BCUT2D eigenvalue weighted by molar-refractivity contribution is 5.99. The van der Waals surface area contributed by atoms with Crippen molar-refractivity contribution in [2.24, 2.45) is 5.92 Å². The highest BCUT2D eigenvalue weighted by Crippen LogP contribution is 2.41. The van der Waals surface area contributed by atoms with Gasteiger partial charge in [0.15, 0.2) is 5.78 Å². The number of allylic oxidation sites excluding steroid dienone is 2. The molecule has 2 aromatic rings. The predicted octanol–water partition coefficient (Wildman–Crippen LogP) is 2.56. The number of fused-ring (bicyclic) bond motifs is 1. The number of anilines is 1. The number of nitrogens with one attached hydrogen (secondary N) is 1. The summed E-state index contributed by atoms with van der Waals surface area (Å²) in [5.74, 6) is 1.93. The lowest BCUT2D eigenvalue weighted by molar-refractivity contribution is -0.117. The molecule has 0 saturated heterocycles. The molecule has 23 heavy (non-hydrogen) atoms. The summed E-state index contributed by atoms with van der Waals surface area (Å²) in [6.07, 6.45) is 1.36. The number of ketones is 1. The van der Waals surface area contributed by atoms with Crippen LogP contribution in [-0.2, 0) is 4.79 Å². The Labute approximate surface area is 133 Å². The lowest BCUT2D eigenvalue weighted by Gasteiger charge is -2.34. The number of Topliss-reactive ketones (excluding diaryl/α,β-unsaturated/α-hetero) is 1. The number of aryl methyl sites for hydroxylation is 1. The number of rotatable bonds is 1. The molecule has 4 rings (SSSR count). The Hall–Kier alpha value is -2.63. The lowest BCUT2D eigenvalue weighted by Crippen LogP contribution is -2.33. The third-order valence-electron chi connectivity index (χ3n) is 4.42. The summed E-state index contributed by atoms with van der Waals surface area (Å²) in [6.45, 7) is 3.91. The Morgan fingerprint density at radius 2 is 2.17 bits per heavy atom. The number of phenolic OH excluding ortho intramolecular Hbond substituents is 1. The monoisotopic (exact) mass is 310 g/mol. The van der Waals surface area contributed by atoms with E-state index in [1.54, 1.807) is 22.9 Å². The first-order valence-corrected chi connectivity index (χ1v) is 7.78. The molecule has 0 fully saturated rings. The van der Waals surface area contributed by atoms with Crippen molar-refractivity contribution in [1.82, 2.24) is 14.8 Å². The minimum atomic E-state index is -0.338. The Morgan fingerprint density at radius 1 is 1.35 bits per heavy atom. The van der Waals surface area contributed by atoms with E-state index in [-0.39, 0.29) is 17.6 Å². The van der Waals surface area contributed by atoms with Gasteiger partial charge in [-0.3, -0.25) is 4.79 Å². The molecule has 2 aliphatic rings. The van der Waals surface area contributed by atoms with Gasteiger partial charge in [0.2, 0.25) is 5.95 Å². The summed E-state index contributed by atoms with van der Waals surface area (Å²) in [5, 5.41) is 17.6. The van der Waals surface area contributed by atoms with Gasteiger partial charge in [0.05, 0.1) is 0 Å². The lowest BCUT2D eigenvalue weighted by atomic mass is 9.81. The van der Waals surface area contributed by atoms with Gasteiger partial charge < -0.3 is 10.4 Å². The number of phenols is 1. The third kappa shape index (κ3) is 2.21. The van der Waals surface area contributed by atoms with Gasteiger partial charge in [-0.15, -0.1) is 0 Å². The van der Waals surface area contributed by atoms with E-state index in [1.807, 2.05) is 13.0 Å². The second-order valence-electron chi connectivity index (χ2n) is 6.38. The van der Waals surface area contributed by atoms with Crippen molar-refractivity contribution < 1.29 is 9.90 Å². The summed E-state index contributed by atoms with van der Waals surface area (Å²) in [4.78, 5) is 17.1. The smallest absolute Gasteiger partial charge is 0.226 e. The molecule has 0 spiro atoms. The van der Waals surface area contributed by atoms with Crippen molar-refractivity contribution >= 4 is 11.7 Å². The number of carbonyl (C=O) groups is 1. The summed E-state index contributed by atoms with van der Waals surface area (Å²) in [6, 6.07) is 6.67. The molecule has 0 unspecified atom stereocenters. The zero-order chi connectivity index (χ0) is 16.1. The number of nitrogens with zero attached hydrogens (tertiary/aromatic N) is 3. The van der Waals surface area contributed by atoms with Gasteiger partial charge in [-0.05, 0) is 37.0 Å². The molecule has 0 radical (unpaired) electrons. The van der Waals surface area contributed by atoms with Crippen molar-refractivity contribution in [1.29, 1.82) is 0 Å². The normalized spacial score (nSPS) is 23.3. The fraction of sp³-hybridized carbons (Fsp3) is 0.353. The van der Waals surface area contributed by atoms with Gasteiger partial charge in [0, 0.05) is 17.7 Å². The minimum Gasteiger partial charge on any atom is -0.508 e. The molecule has 1 aliphatic carbocycles. The maximum Gasteiger partial charge on any atom is 0.226 e. The average Bonchev–Trinajstić information content (AvgIpc) is 2.84. The van der Waals surface area contributed by atoms with E-state index in [0.717, 1.165) is 23.3 Å². The molecule has 2 N–H and O–H groups in total. The second-order valence-corrected chi connectivity index (χ2v) is 6.38. The molecule has 6 nitrogen and oxygen atoms in total. The number of hydrogen-bond acceptors (Lipinski definition) is 5. The number of hydrogen-bond donors (Lipinski definition) is 2. The van der Waals surface area contributed by atoms with E-state index in [9.17, 15) is 9.90 Å². The molecule has 118 valence electrons. The Bertz CT molecular complexity index is 837. The van der Waals surface area contributed by atoms with Gasteiger partial charge >= 0.3 is 0 Å². The number of carbonyl (C=O) groups excluding carboxylic acids is 1. The summed E-state index contributed by atoms with van der Waals surface area (Å²) < 4.78 is 1.75. The Kier molecular flexibility index (Phi) is 3.01. The van der Waals surface area contributed by atoms with Gasteiger partial charge in [-0.2, -0.15) is 10.1 Å². The molecule has 1 aliphatic heterocycles. The van der Waals surface area contributed by atoms with Crippen molar-refractivity contribution in [3.63, 3.8) is 0 Å². The molecular weight excluding hydrogens is 292 g/mol. The molecule has 2 atom stereocenters. The van der Waals surface area contributed by atoms with E-state index in [2.05, 4.69) is 22.3 Å². The van der Waals surface area contributed by atoms with Crippen LogP contribution in [-0.4, -0.2) is 25.7 Å². The van der Waals surface area contributed by atoms with Crippen LogP contribution in [0.5, 0.6) is 5.75 Å². The van der Waals surface area contributed by atoms with Crippen LogP contribution in [0.3, 0.4) is 0 Å². The molecule has 6 heteroatoms. The van der Waals surface area contributed by atoms with Crippen molar-refractivity contribution in [3.8, 4) is 5.75 Å². The van der Waals surface area contributed by atoms with Crippen molar-refractivity contribution in [3.05, 3.63) is 46.9 Å². The molecule has 1 aromatic carbocycles. The van der Waals surface area contributed by atoms with Crippen LogP contribution < -0.4 is 5.32 Å². The number of benzene rings is 1. The van der Waals surface area contributed by atoms with Crippen molar-refractivity contribution in [2.75, 3.05) is 5.32 Å². The van der Waals surface area contributed by atoms with Gasteiger partial charge in [0.25, 0.3) is 0 Å². The highest BCUT2D eigenvalue weighted by Gasteiger charge is 2.38. The molecule has 0 saturated carbocycles. The summed E-state index contributed by atoms with van der Waals surface area (Å²) in [7, 11) is 0. The van der Waals surface area contributed by atoms with Gasteiger partial charge in [0.1, 0.15) is 17.6 Å². The summed E-state index contributed by atoms with van der Waals surface area (Å²) >= 11 is 0. The molecular formula is C17H18N4O2. The minimum absolute atomic E-state index is 0.137. The number of aromatic nitrogens is 3. The first-order chi connectivity index (χ1) is 11.0. The molecule has 1 aromatic heterocycles. The average molecular weight is 310 g/mol. The van der Waals surface area contributed by atoms with E-state index in [4.69, 9.17) is 0 Å².